The number of hydrogen-bond acceptors (Lipinski definition) is 5. The fourth-order valence-corrected chi connectivity index (χ4v) is 4.94. The van der Waals surface area contributed by atoms with Gasteiger partial charge in [-0.25, -0.2) is 13.2 Å². The van der Waals surface area contributed by atoms with Crippen molar-refractivity contribution in [3.8, 4) is 5.75 Å². The van der Waals surface area contributed by atoms with Crippen molar-refractivity contribution in [2.45, 2.75) is 71.6 Å². The van der Waals surface area contributed by atoms with Gasteiger partial charge in [-0.05, 0) is 62.1 Å². The van der Waals surface area contributed by atoms with Crippen LogP contribution in [0.1, 0.15) is 54.2 Å². The van der Waals surface area contributed by atoms with Gasteiger partial charge in [0, 0.05) is 17.7 Å². The molecule has 218 valence electrons. The maximum atomic E-state index is 15.1. The monoisotopic (exact) mass is 563 g/mol. The minimum absolute atomic E-state index is 0.0760. The van der Waals surface area contributed by atoms with Gasteiger partial charge >= 0.3 is 0 Å². The van der Waals surface area contributed by atoms with Gasteiger partial charge in [0.25, 0.3) is 17.7 Å². The fraction of sp³-hybridized carbons (Fsp3) is 0.483. The first-order chi connectivity index (χ1) is 18.6. The number of alkyl halides is 2. The molecule has 0 radical (unpaired) electrons. The predicted molar refractivity (Wildman–Crippen MR) is 142 cm³/mol. The first kappa shape index (κ1) is 30.9. The Morgan fingerprint density at radius 3 is 2.45 bits per heavy atom. The summed E-state index contributed by atoms with van der Waals surface area (Å²) in [4.78, 5) is 40.5. The summed E-state index contributed by atoms with van der Waals surface area (Å²) < 4.78 is 44.1. The molecule has 3 atom stereocenters. The van der Waals surface area contributed by atoms with E-state index in [0.29, 0.717) is 22.4 Å². The zero-order chi connectivity index (χ0) is 30.0. The standard InChI is InChI=1S/C29H36F3N3O5/c1-6-10-33-26(39)24-28(4,5)29(31,32)15-35(24)27(40)23(37)21(14-18-8-7-9-19(30)13-18)34-25(38)20-11-16(2)12-22(36)17(20)3/h7-9,11-13,21,23-24,36-37H,6,10,14-15H2,1-5H3,(H,33,39)(H,34,38)/t21-,23-,24-/m0/s1. The molecule has 40 heavy (non-hydrogen) atoms. The minimum atomic E-state index is -3.45. The van der Waals surface area contributed by atoms with Gasteiger partial charge < -0.3 is 25.7 Å². The predicted octanol–water partition coefficient (Wildman–Crippen LogP) is 3.25. The third-order valence-electron chi connectivity index (χ3n) is 7.45. The first-order valence-electron chi connectivity index (χ1n) is 13.1. The number of aliphatic hydroxyl groups is 1. The Kier molecular flexibility index (Phi) is 9.18. The molecule has 3 rings (SSSR count). The maximum absolute atomic E-state index is 15.1. The van der Waals surface area contributed by atoms with Crippen LogP contribution in [-0.4, -0.2) is 70.0 Å². The molecule has 2 aromatic rings. The second-order valence-corrected chi connectivity index (χ2v) is 10.9. The fourth-order valence-electron chi connectivity index (χ4n) is 4.94. The van der Waals surface area contributed by atoms with Crippen molar-refractivity contribution in [2.24, 2.45) is 5.41 Å². The molecule has 2 aromatic carbocycles. The van der Waals surface area contributed by atoms with E-state index in [4.69, 9.17) is 0 Å². The molecule has 1 heterocycles. The van der Waals surface area contributed by atoms with Gasteiger partial charge in [-0.3, -0.25) is 14.4 Å². The lowest BCUT2D eigenvalue weighted by Gasteiger charge is -2.34. The number of aromatic hydroxyl groups is 1. The summed E-state index contributed by atoms with van der Waals surface area (Å²) in [5.74, 6) is -6.86. The van der Waals surface area contributed by atoms with E-state index in [1.54, 1.807) is 13.8 Å². The summed E-state index contributed by atoms with van der Waals surface area (Å²) in [5.41, 5.74) is -0.717. The molecule has 8 nitrogen and oxygen atoms in total. The van der Waals surface area contributed by atoms with Crippen LogP contribution in [0.4, 0.5) is 13.2 Å². The van der Waals surface area contributed by atoms with Crippen molar-refractivity contribution in [1.29, 1.82) is 0 Å². The number of benzene rings is 2. The van der Waals surface area contributed by atoms with Crippen LogP contribution in [0.3, 0.4) is 0 Å². The van der Waals surface area contributed by atoms with Crippen LogP contribution in [0, 0.1) is 25.1 Å². The van der Waals surface area contributed by atoms with Gasteiger partial charge in [-0.15, -0.1) is 0 Å². The molecule has 11 heteroatoms. The number of aliphatic hydroxyl groups excluding tert-OH is 1. The molecule has 0 bridgehead atoms. The van der Waals surface area contributed by atoms with Gasteiger partial charge in [0.05, 0.1) is 18.0 Å². The number of phenols is 1. The highest BCUT2D eigenvalue weighted by Crippen LogP contribution is 2.48. The van der Waals surface area contributed by atoms with Crippen molar-refractivity contribution in [2.75, 3.05) is 13.1 Å². The van der Waals surface area contributed by atoms with Crippen LogP contribution in [0.25, 0.3) is 0 Å². The van der Waals surface area contributed by atoms with Crippen molar-refractivity contribution in [1.82, 2.24) is 15.5 Å². The molecule has 1 fully saturated rings. The second-order valence-electron chi connectivity index (χ2n) is 10.9. The zero-order valence-electron chi connectivity index (χ0n) is 23.2. The highest BCUT2D eigenvalue weighted by molar-refractivity contribution is 5.97. The number of aryl methyl sites for hydroxylation is 1. The lowest BCUT2D eigenvalue weighted by molar-refractivity contribution is -0.148. The minimum Gasteiger partial charge on any atom is -0.508 e. The molecule has 0 aliphatic carbocycles. The van der Waals surface area contributed by atoms with Crippen LogP contribution in [-0.2, 0) is 16.0 Å². The van der Waals surface area contributed by atoms with Crippen molar-refractivity contribution >= 4 is 17.7 Å². The first-order valence-corrected chi connectivity index (χ1v) is 13.1. The summed E-state index contributed by atoms with van der Waals surface area (Å²) in [6.45, 7) is 6.44. The Labute approximate surface area is 231 Å². The van der Waals surface area contributed by atoms with E-state index in [1.807, 2.05) is 0 Å². The Balaban J connectivity index is 1.98. The average molecular weight is 564 g/mol. The van der Waals surface area contributed by atoms with Crippen LogP contribution >= 0.6 is 0 Å². The molecule has 0 spiro atoms. The Hall–Kier alpha value is -3.60. The van der Waals surface area contributed by atoms with E-state index < -0.39 is 59.6 Å². The number of phenolic OH excluding ortho intramolecular Hbond substituents is 1. The molecule has 3 amide bonds. The molecular formula is C29H36F3N3O5. The van der Waals surface area contributed by atoms with E-state index >= 15 is 8.78 Å². The quantitative estimate of drug-likeness (QED) is 0.374. The van der Waals surface area contributed by atoms with Crippen LogP contribution in [0.2, 0.25) is 0 Å². The molecule has 1 saturated heterocycles. The normalized spacial score (nSPS) is 19.1. The van der Waals surface area contributed by atoms with E-state index in [1.165, 1.54) is 51.1 Å². The largest absolute Gasteiger partial charge is 0.508 e. The van der Waals surface area contributed by atoms with Gasteiger partial charge in [0.1, 0.15) is 17.6 Å². The molecule has 0 aromatic heterocycles. The average Bonchev–Trinajstić information content (AvgIpc) is 3.06. The summed E-state index contributed by atoms with van der Waals surface area (Å²) in [6, 6.07) is 5.30. The molecule has 0 saturated carbocycles. The number of hydrogen-bond donors (Lipinski definition) is 4. The van der Waals surface area contributed by atoms with Crippen LogP contribution in [0.15, 0.2) is 36.4 Å². The zero-order valence-corrected chi connectivity index (χ0v) is 23.2. The van der Waals surface area contributed by atoms with Gasteiger partial charge in [-0.1, -0.05) is 32.9 Å². The van der Waals surface area contributed by atoms with Gasteiger partial charge in [0.2, 0.25) is 5.91 Å². The van der Waals surface area contributed by atoms with E-state index in [0.717, 1.165) is 6.07 Å². The van der Waals surface area contributed by atoms with Crippen molar-refractivity contribution in [3.05, 3.63) is 64.5 Å². The Morgan fingerprint density at radius 1 is 1.15 bits per heavy atom. The lowest BCUT2D eigenvalue weighted by Crippen LogP contribution is -2.57. The third-order valence-corrected chi connectivity index (χ3v) is 7.45. The Bertz CT molecular complexity index is 1280. The van der Waals surface area contributed by atoms with Crippen LogP contribution in [0.5, 0.6) is 5.75 Å². The molecule has 4 N–H and O–H groups in total. The smallest absolute Gasteiger partial charge is 0.272 e. The van der Waals surface area contributed by atoms with Gasteiger partial charge in [-0.2, -0.15) is 0 Å². The summed E-state index contributed by atoms with van der Waals surface area (Å²) in [6.07, 6.45) is -1.74. The van der Waals surface area contributed by atoms with E-state index in [2.05, 4.69) is 10.6 Å². The van der Waals surface area contributed by atoms with E-state index in [-0.39, 0.29) is 29.8 Å². The van der Waals surface area contributed by atoms with Crippen molar-refractivity contribution < 1.29 is 37.8 Å². The number of halogens is 3. The number of nitrogens with zero attached hydrogens (tertiary/aromatic N) is 1. The molecule has 1 aliphatic rings. The SMILES string of the molecule is CCCNC(=O)[C@@H]1N(C(=O)[C@@H](O)[C@H](Cc2cccc(F)c2)NC(=O)c2cc(C)cc(O)c2C)CC(F)(F)C1(C)C. The summed E-state index contributed by atoms with van der Waals surface area (Å²) in [5, 5.41) is 26.5. The third kappa shape index (κ3) is 6.24. The Morgan fingerprint density at radius 2 is 1.82 bits per heavy atom. The maximum Gasteiger partial charge on any atom is 0.272 e. The summed E-state index contributed by atoms with van der Waals surface area (Å²) >= 11 is 0. The number of likely N-dealkylation sites (tertiary alicyclic amines) is 1. The number of nitrogens with one attached hydrogen (secondary N) is 2. The topological polar surface area (TPSA) is 119 Å². The van der Waals surface area contributed by atoms with E-state index in [9.17, 15) is 29.0 Å². The molecular weight excluding hydrogens is 527 g/mol. The van der Waals surface area contributed by atoms with Crippen LogP contribution < -0.4 is 10.6 Å². The number of carbonyl (C=O) groups excluding carboxylic acids is 3. The number of rotatable bonds is 9. The number of amides is 3. The molecule has 1 aliphatic heterocycles. The number of carbonyl (C=O) groups is 3. The van der Waals surface area contributed by atoms with Gasteiger partial charge in [0.15, 0.2) is 6.10 Å². The lowest BCUT2D eigenvalue weighted by atomic mass is 9.81. The van der Waals surface area contributed by atoms with Crippen molar-refractivity contribution in [3.63, 3.8) is 0 Å². The molecule has 0 unspecified atom stereocenters. The highest BCUT2D eigenvalue weighted by Gasteiger charge is 2.64. The highest BCUT2D eigenvalue weighted by atomic mass is 19.3. The summed E-state index contributed by atoms with van der Waals surface area (Å²) in [7, 11) is 0. The second kappa shape index (κ2) is 11.9.